The second-order valence-corrected chi connectivity index (χ2v) is 15.9. The summed E-state index contributed by atoms with van der Waals surface area (Å²) in [4.78, 5) is 104. The average molecular weight is 918 g/mol. The van der Waals surface area contributed by atoms with Crippen LogP contribution >= 0.6 is 0 Å². The van der Waals surface area contributed by atoms with E-state index in [0.29, 0.717) is 24.0 Å². The van der Waals surface area contributed by atoms with Crippen LogP contribution in [0.25, 0.3) is 0 Å². The summed E-state index contributed by atoms with van der Waals surface area (Å²) in [5.74, 6) is -5.59. The van der Waals surface area contributed by atoms with Gasteiger partial charge in [-0.1, -0.05) is 54.6 Å². The van der Waals surface area contributed by atoms with E-state index in [0.717, 1.165) is 33.3 Å². The molecular weight excluding hydrogens is 863 g/mol. The minimum absolute atomic E-state index is 0.0585. The molecular formula is C46H55N5O15. The van der Waals surface area contributed by atoms with Gasteiger partial charge >= 0.3 is 23.9 Å². The lowest BCUT2D eigenvalue weighted by molar-refractivity contribution is -0.288. The molecule has 0 bridgehead atoms. The predicted octanol–water partition coefficient (Wildman–Crippen LogP) is 0.655. The first-order chi connectivity index (χ1) is 31.4. The van der Waals surface area contributed by atoms with Crippen LogP contribution in [0.3, 0.4) is 0 Å². The van der Waals surface area contributed by atoms with E-state index >= 15 is 0 Å². The fourth-order valence-electron chi connectivity index (χ4n) is 7.67. The van der Waals surface area contributed by atoms with Gasteiger partial charge < -0.3 is 60.5 Å². The first-order valence-corrected chi connectivity index (χ1v) is 21.2. The first kappa shape index (κ1) is 49.9. The first-order valence-electron chi connectivity index (χ1n) is 21.2. The van der Waals surface area contributed by atoms with Crippen molar-refractivity contribution in [3.8, 4) is 11.5 Å². The number of benzene rings is 3. The Balaban J connectivity index is 1.38. The van der Waals surface area contributed by atoms with Crippen molar-refractivity contribution in [3.63, 3.8) is 0 Å². The summed E-state index contributed by atoms with van der Waals surface area (Å²) in [6, 6.07) is 16.8. The van der Waals surface area contributed by atoms with Crippen molar-refractivity contribution in [2.45, 2.75) is 115 Å². The third-order valence-electron chi connectivity index (χ3n) is 10.7. The van der Waals surface area contributed by atoms with Gasteiger partial charge in [0, 0.05) is 47.1 Å². The number of amides is 4. The van der Waals surface area contributed by atoms with Crippen molar-refractivity contribution in [3.05, 3.63) is 95.6 Å². The van der Waals surface area contributed by atoms with Crippen LogP contribution in [0.5, 0.6) is 11.5 Å². The summed E-state index contributed by atoms with van der Waals surface area (Å²) in [6.07, 6.45) is -6.26. The van der Waals surface area contributed by atoms with Gasteiger partial charge in [0.2, 0.25) is 36.0 Å². The van der Waals surface area contributed by atoms with Gasteiger partial charge in [-0.15, -0.1) is 0 Å². The van der Waals surface area contributed by atoms with Crippen LogP contribution in [0.15, 0.2) is 78.9 Å². The molecule has 0 aliphatic carbocycles. The van der Waals surface area contributed by atoms with Crippen LogP contribution in [0, 0.1) is 0 Å². The van der Waals surface area contributed by atoms with E-state index in [1.807, 2.05) is 0 Å². The number of nitrogens with zero attached hydrogens (tertiary/aromatic N) is 1. The molecule has 4 amide bonds. The zero-order valence-corrected chi connectivity index (χ0v) is 36.9. The monoisotopic (exact) mass is 917 g/mol. The Labute approximate surface area is 380 Å². The summed E-state index contributed by atoms with van der Waals surface area (Å²) >= 11 is 0. The van der Waals surface area contributed by atoms with Gasteiger partial charge in [0.25, 0.3) is 0 Å². The van der Waals surface area contributed by atoms with E-state index < -0.39 is 109 Å². The number of nitrogens with two attached hydrogens (primary N) is 2. The van der Waals surface area contributed by atoms with Crippen molar-refractivity contribution in [1.82, 2.24) is 15.5 Å². The Morgan fingerprint density at radius 2 is 1.27 bits per heavy atom. The molecule has 0 saturated carbocycles. The molecule has 7 N–H and O–H groups in total. The van der Waals surface area contributed by atoms with Crippen LogP contribution < -0.4 is 26.8 Å². The van der Waals surface area contributed by atoms with Crippen LogP contribution in [-0.4, -0.2) is 126 Å². The lowest BCUT2D eigenvalue weighted by Crippen LogP contribution is -2.63. The highest BCUT2D eigenvalue weighted by Crippen LogP contribution is 2.31. The van der Waals surface area contributed by atoms with Crippen LogP contribution in [0.4, 0.5) is 0 Å². The Morgan fingerprint density at radius 3 is 1.88 bits per heavy atom. The number of esters is 4. The number of carbonyl (C=O) groups is 8. The smallest absolute Gasteiger partial charge is 0.303 e. The zero-order valence-electron chi connectivity index (χ0n) is 36.9. The molecule has 2 aliphatic rings. The Morgan fingerprint density at radius 1 is 0.712 bits per heavy atom. The van der Waals surface area contributed by atoms with E-state index in [2.05, 4.69) is 10.6 Å². The molecule has 9 atom stereocenters. The highest BCUT2D eigenvalue weighted by Gasteiger charge is 2.53. The van der Waals surface area contributed by atoms with Crippen molar-refractivity contribution >= 4 is 47.5 Å². The molecule has 20 nitrogen and oxygen atoms in total. The number of aromatic hydroxyl groups is 1. The van der Waals surface area contributed by atoms with Gasteiger partial charge in [-0.05, 0) is 60.2 Å². The van der Waals surface area contributed by atoms with Crippen LogP contribution in [0.1, 0.15) is 57.2 Å². The number of carbonyl (C=O) groups excluding carboxylic acids is 8. The average Bonchev–Trinajstić information content (AvgIpc) is 3.76. The number of phenolic OH excluding ortho intramolecular Hbond substituents is 1. The normalized spacial score (nSPS) is 21.5. The Bertz CT molecular complexity index is 2210. The second kappa shape index (κ2) is 23.2. The molecule has 3 aromatic rings. The van der Waals surface area contributed by atoms with Gasteiger partial charge in [-0.3, -0.25) is 38.4 Å². The summed E-state index contributed by atoms with van der Waals surface area (Å²) in [5.41, 5.74) is 14.0. The van der Waals surface area contributed by atoms with Gasteiger partial charge in [-0.25, -0.2) is 0 Å². The molecule has 66 heavy (non-hydrogen) atoms. The molecule has 0 radical (unpaired) electrons. The van der Waals surface area contributed by atoms with Crippen LogP contribution in [-0.2, 0) is 81.3 Å². The Hall–Kier alpha value is -7.06. The van der Waals surface area contributed by atoms with E-state index in [9.17, 15) is 43.5 Å². The molecule has 0 unspecified atom stereocenters. The molecule has 0 aromatic heterocycles. The van der Waals surface area contributed by atoms with Crippen LogP contribution in [0.2, 0.25) is 0 Å². The summed E-state index contributed by atoms with van der Waals surface area (Å²) < 4.78 is 33.7. The minimum atomic E-state index is -1.52. The number of primary amides is 1. The molecule has 2 aliphatic heterocycles. The molecule has 0 spiro atoms. The number of hydrogen-bond acceptors (Lipinski definition) is 16. The number of rotatable bonds is 19. The third kappa shape index (κ3) is 14.2. The minimum Gasteiger partial charge on any atom is -0.508 e. The van der Waals surface area contributed by atoms with Crippen molar-refractivity contribution < 1.29 is 71.9 Å². The summed E-state index contributed by atoms with van der Waals surface area (Å²) in [5, 5.41) is 15.1. The molecule has 20 heteroatoms. The number of likely N-dealkylation sites (tertiary alicyclic amines) is 1. The Kier molecular flexibility index (Phi) is 17.6. The molecule has 2 heterocycles. The van der Waals surface area contributed by atoms with E-state index in [1.54, 1.807) is 54.6 Å². The molecule has 2 saturated heterocycles. The lowest BCUT2D eigenvalue weighted by atomic mass is 9.98. The van der Waals surface area contributed by atoms with Gasteiger partial charge in [0.15, 0.2) is 12.2 Å². The fraction of sp³-hybridized carbons (Fsp3) is 0.435. The standard InChI is InChI=1S/C46H55N5O15/c1-25(52)61-24-38-39(62-26(2)53)40(63-27(3)54)41(64-28(4)55)46(66-38)65-33-18-14-31(15-19-33)23-36(43(58)49-35(42(48)57)22-29-9-6-5-7-10-29)50-44(59)37-11-8-20-51(37)45(60)34(47)21-30-12-16-32(56)17-13-30/h5-7,9-10,12-19,34-41,46,56H,8,11,20-24,47H2,1-4H3,(H2,48,57)(H,49,58)(H,50,59)/t34-,35-,36-,37-,38+,39+,40-,41+,46+/m0/s1. The number of phenols is 1. The maximum absolute atomic E-state index is 14.1. The largest absolute Gasteiger partial charge is 0.508 e. The van der Waals surface area contributed by atoms with E-state index in [-0.39, 0.29) is 37.3 Å². The lowest BCUT2D eigenvalue weighted by Gasteiger charge is -2.43. The quantitative estimate of drug-likeness (QED) is 0.0815. The second-order valence-electron chi connectivity index (χ2n) is 15.9. The highest BCUT2D eigenvalue weighted by molar-refractivity contribution is 5.95. The maximum Gasteiger partial charge on any atom is 0.303 e. The van der Waals surface area contributed by atoms with E-state index in [4.69, 9.17) is 39.9 Å². The maximum atomic E-state index is 14.1. The van der Waals surface area contributed by atoms with Gasteiger partial charge in [-0.2, -0.15) is 0 Å². The molecule has 2 fully saturated rings. The van der Waals surface area contributed by atoms with Gasteiger partial charge in [0.1, 0.15) is 42.3 Å². The van der Waals surface area contributed by atoms with Crippen molar-refractivity contribution in [1.29, 1.82) is 0 Å². The highest BCUT2D eigenvalue weighted by atomic mass is 16.7. The number of nitrogens with one attached hydrogen (secondary N) is 2. The van der Waals surface area contributed by atoms with Crippen molar-refractivity contribution in [2.75, 3.05) is 13.2 Å². The molecule has 5 rings (SSSR count). The number of hydrogen-bond donors (Lipinski definition) is 5. The van der Waals surface area contributed by atoms with Crippen molar-refractivity contribution in [2.24, 2.45) is 11.5 Å². The van der Waals surface area contributed by atoms with E-state index in [1.165, 1.54) is 29.2 Å². The SMILES string of the molecule is CC(=O)OC[C@H]1O[C@@H](Oc2ccc(C[C@H](NC(=O)[C@@H]3CCCN3C(=O)[C@@H](N)Cc3ccc(O)cc3)C(=O)N[C@@H](Cc3ccccc3)C(N)=O)cc2)[C@H](OC(C)=O)[C@@H](OC(C)=O)[C@@H]1OC(C)=O. The third-order valence-corrected chi connectivity index (χ3v) is 10.7. The van der Waals surface area contributed by atoms with Gasteiger partial charge in [0.05, 0.1) is 6.04 Å². The summed E-state index contributed by atoms with van der Waals surface area (Å²) in [7, 11) is 0. The number of ether oxygens (including phenoxy) is 6. The fourth-order valence-corrected chi connectivity index (χ4v) is 7.67. The predicted molar refractivity (Wildman–Crippen MR) is 230 cm³/mol. The molecule has 354 valence electrons. The summed E-state index contributed by atoms with van der Waals surface area (Å²) in [6.45, 7) is 4.22. The topological polar surface area (TPSA) is 292 Å². The zero-order chi connectivity index (χ0) is 48.1. The molecule has 3 aromatic carbocycles.